The van der Waals surface area contributed by atoms with E-state index in [1.807, 2.05) is 27.7 Å². The monoisotopic (exact) mass is 221 g/mol. The Balaban J connectivity index is 3.83. The molecule has 2 nitrogen and oxygen atoms in total. The topological polar surface area (TPSA) is 29.1 Å². The van der Waals surface area contributed by atoms with Crippen LogP contribution in [0.2, 0.25) is 0 Å². The molecule has 66 valence electrons. The van der Waals surface area contributed by atoms with Crippen LogP contribution in [0.15, 0.2) is 0 Å². The van der Waals surface area contributed by atoms with Crippen LogP contribution in [0.25, 0.3) is 0 Å². The minimum Gasteiger partial charge on any atom is -0.353 e. The zero-order valence-corrected chi connectivity index (χ0v) is 9.10. The van der Waals surface area contributed by atoms with Crippen LogP contribution in [0.3, 0.4) is 0 Å². The van der Waals surface area contributed by atoms with Crippen LogP contribution in [0, 0.1) is 5.92 Å². The SMILES string of the molecule is CC(C)NC(=O)C(Br)C(C)C. The first kappa shape index (κ1) is 11.0. The Morgan fingerprint density at radius 2 is 1.73 bits per heavy atom. The van der Waals surface area contributed by atoms with Gasteiger partial charge in [-0.2, -0.15) is 0 Å². The molecule has 0 spiro atoms. The lowest BCUT2D eigenvalue weighted by atomic mass is 10.1. The van der Waals surface area contributed by atoms with E-state index in [0.29, 0.717) is 5.92 Å². The summed E-state index contributed by atoms with van der Waals surface area (Å²) in [6.07, 6.45) is 0. The lowest BCUT2D eigenvalue weighted by Gasteiger charge is -2.15. The fraction of sp³-hybridized carbons (Fsp3) is 0.875. The van der Waals surface area contributed by atoms with Gasteiger partial charge in [0.15, 0.2) is 0 Å². The Morgan fingerprint density at radius 1 is 1.27 bits per heavy atom. The Kier molecular flexibility index (Phi) is 4.73. The van der Waals surface area contributed by atoms with Gasteiger partial charge in [-0.05, 0) is 19.8 Å². The fourth-order valence-electron chi connectivity index (χ4n) is 0.667. The van der Waals surface area contributed by atoms with Crippen LogP contribution >= 0.6 is 15.9 Å². The average molecular weight is 222 g/mol. The van der Waals surface area contributed by atoms with Gasteiger partial charge in [-0.3, -0.25) is 4.79 Å². The van der Waals surface area contributed by atoms with E-state index in [4.69, 9.17) is 0 Å². The zero-order valence-electron chi connectivity index (χ0n) is 7.52. The maximum Gasteiger partial charge on any atom is 0.234 e. The molecule has 0 heterocycles. The molecule has 0 aromatic heterocycles. The van der Waals surface area contributed by atoms with Crippen molar-refractivity contribution in [3.05, 3.63) is 0 Å². The van der Waals surface area contributed by atoms with Crippen molar-refractivity contribution in [2.75, 3.05) is 0 Å². The first-order valence-electron chi connectivity index (χ1n) is 3.89. The largest absolute Gasteiger partial charge is 0.353 e. The minimum atomic E-state index is -0.0649. The molecule has 0 rings (SSSR count). The summed E-state index contributed by atoms with van der Waals surface area (Å²) < 4.78 is 0. The summed E-state index contributed by atoms with van der Waals surface area (Å²) in [6, 6.07) is 0.223. The molecular weight excluding hydrogens is 206 g/mol. The standard InChI is InChI=1S/C8H16BrNO/c1-5(2)7(9)8(11)10-6(3)4/h5-7H,1-4H3,(H,10,11). The number of halogens is 1. The summed E-state index contributed by atoms with van der Waals surface area (Å²) in [5, 5.41) is 2.84. The Bertz CT molecular complexity index is 134. The summed E-state index contributed by atoms with van der Waals surface area (Å²) >= 11 is 3.32. The molecule has 0 saturated heterocycles. The highest BCUT2D eigenvalue weighted by atomic mass is 79.9. The number of alkyl halides is 1. The molecule has 0 aliphatic rings. The van der Waals surface area contributed by atoms with E-state index >= 15 is 0 Å². The molecule has 0 aliphatic heterocycles. The molecule has 1 atom stereocenters. The van der Waals surface area contributed by atoms with Crippen LogP contribution in [-0.2, 0) is 4.79 Å². The summed E-state index contributed by atoms with van der Waals surface area (Å²) in [7, 11) is 0. The first-order chi connectivity index (χ1) is 4.95. The third kappa shape index (κ3) is 4.40. The number of carbonyl (C=O) groups is 1. The van der Waals surface area contributed by atoms with Crippen molar-refractivity contribution in [3.8, 4) is 0 Å². The van der Waals surface area contributed by atoms with E-state index in [9.17, 15) is 4.79 Å². The Labute approximate surface area is 76.9 Å². The van der Waals surface area contributed by atoms with Gasteiger partial charge in [0.05, 0.1) is 4.83 Å². The van der Waals surface area contributed by atoms with Crippen molar-refractivity contribution < 1.29 is 4.79 Å². The molecule has 0 fully saturated rings. The van der Waals surface area contributed by atoms with Crippen molar-refractivity contribution in [1.29, 1.82) is 0 Å². The number of hydrogen-bond acceptors (Lipinski definition) is 1. The van der Waals surface area contributed by atoms with Crippen LogP contribution in [0.4, 0.5) is 0 Å². The van der Waals surface area contributed by atoms with Gasteiger partial charge in [-0.25, -0.2) is 0 Å². The van der Waals surface area contributed by atoms with Crippen LogP contribution in [-0.4, -0.2) is 16.8 Å². The molecule has 1 amide bonds. The van der Waals surface area contributed by atoms with E-state index in [-0.39, 0.29) is 16.8 Å². The predicted octanol–water partition coefficient (Wildman–Crippen LogP) is 1.93. The van der Waals surface area contributed by atoms with E-state index in [1.54, 1.807) is 0 Å². The summed E-state index contributed by atoms with van der Waals surface area (Å²) in [5.41, 5.74) is 0. The zero-order chi connectivity index (χ0) is 9.02. The second-order valence-corrected chi connectivity index (χ2v) is 4.30. The van der Waals surface area contributed by atoms with E-state index in [1.165, 1.54) is 0 Å². The quantitative estimate of drug-likeness (QED) is 0.726. The number of nitrogens with one attached hydrogen (secondary N) is 1. The lowest BCUT2D eigenvalue weighted by molar-refractivity contribution is -0.121. The van der Waals surface area contributed by atoms with Crippen molar-refractivity contribution in [2.24, 2.45) is 5.92 Å². The minimum absolute atomic E-state index is 0.0649. The molecule has 3 heteroatoms. The third-order valence-electron chi connectivity index (χ3n) is 1.27. The summed E-state index contributed by atoms with van der Waals surface area (Å²) in [5.74, 6) is 0.420. The van der Waals surface area contributed by atoms with Gasteiger partial charge in [0.2, 0.25) is 5.91 Å². The first-order valence-corrected chi connectivity index (χ1v) is 4.81. The highest BCUT2D eigenvalue weighted by Crippen LogP contribution is 2.11. The average Bonchev–Trinajstić information content (AvgIpc) is 1.84. The smallest absolute Gasteiger partial charge is 0.234 e. The van der Waals surface area contributed by atoms with Gasteiger partial charge >= 0.3 is 0 Å². The van der Waals surface area contributed by atoms with Crippen molar-refractivity contribution in [3.63, 3.8) is 0 Å². The molecule has 0 radical (unpaired) electrons. The summed E-state index contributed by atoms with van der Waals surface area (Å²) in [6.45, 7) is 7.94. The molecule has 1 unspecified atom stereocenters. The Morgan fingerprint density at radius 3 is 2.00 bits per heavy atom. The van der Waals surface area contributed by atoms with Crippen molar-refractivity contribution in [1.82, 2.24) is 5.32 Å². The third-order valence-corrected chi connectivity index (χ3v) is 2.74. The molecule has 0 aliphatic carbocycles. The van der Waals surface area contributed by atoms with Crippen LogP contribution in [0.1, 0.15) is 27.7 Å². The maximum absolute atomic E-state index is 11.2. The second kappa shape index (κ2) is 4.75. The maximum atomic E-state index is 11.2. The predicted molar refractivity (Wildman–Crippen MR) is 50.8 cm³/mol. The van der Waals surface area contributed by atoms with E-state index in [2.05, 4.69) is 21.2 Å². The molecule has 1 N–H and O–H groups in total. The van der Waals surface area contributed by atoms with Gasteiger partial charge in [-0.15, -0.1) is 0 Å². The Hall–Kier alpha value is -0.0500. The number of amides is 1. The highest BCUT2D eigenvalue weighted by molar-refractivity contribution is 9.10. The number of hydrogen-bond donors (Lipinski definition) is 1. The van der Waals surface area contributed by atoms with E-state index in [0.717, 1.165) is 0 Å². The molecule has 0 aromatic carbocycles. The fourth-order valence-corrected chi connectivity index (χ4v) is 0.799. The lowest BCUT2D eigenvalue weighted by Crippen LogP contribution is -2.38. The molecular formula is C8H16BrNO. The number of carbonyl (C=O) groups excluding carboxylic acids is 1. The normalized spacial score (nSPS) is 13.7. The summed E-state index contributed by atoms with van der Waals surface area (Å²) in [4.78, 5) is 11.2. The van der Waals surface area contributed by atoms with Gasteiger partial charge in [0, 0.05) is 6.04 Å². The van der Waals surface area contributed by atoms with E-state index < -0.39 is 0 Å². The van der Waals surface area contributed by atoms with Crippen LogP contribution < -0.4 is 5.32 Å². The highest BCUT2D eigenvalue weighted by Gasteiger charge is 2.18. The molecule has 0 bridgehead atoms. The van der Waals surface area contributed by atoms with Gasteiger partial charge in [0.1, 0.15) is 0 Å². The molecule has 0 saturated carbocycles. The van der Waals surface area contributed by atoms with Crippen molar-refractivity contribution in [2.45, 2.75) is 38.6 Å². The van der Waals surface area contributed by atoms with Gasteiger partial charge in [0.25, 0.3) is 0 Å². The van der Waals surface area contributed by atoms with Gasteiger partial charge < -0.3 is 5.32 Å². The number of rotatable bonds is 3. The van der Waals surface area contributed by atoms with Gasteiger partial charge in [-0.1, -0.05) is 29.8 Å². The van der Waals surface area contributed by atoms with Crippen LogP contribution in [0.5, 0.6) is 0 Å². The second-order valence-electron chi connectivity index (χ2n) is 3.31. The molecule has 11 heavy (non-hydrogen) atoms. The molecule has 0 aromatic rings. The van der Waals surface area contributed by atoms with Crippen molar-refractivity contribution >= 4 is 21.8 Å².